The van der Waals surface area contributed by atoms with Crippen LogP contribution in [-0.2, 0) is 9.59 Å². The highest BCUT2D eigenvalue weighted by Gasteiger charge is 2.45. The summed E-state index contributed by atoms with van der Waals surface area (Å²) in [6, 6.07) is 17.1. The monoisotopic (exact) mass is 574 g/mol. The van der Waals surface area contributed by atoms with Gasteiger partial charge in [0.25, 0.3) is 11.8 Å². The van der Waals surface area contributed by atoms with E-state index in [-0.39, 0.29) is 17.1 Å². The summed E-state index contributed by atoms with van der Waals surface area (Å²) >= 11 is 14.7. The summed E-state index contributed by atoms with van der Waals surface area (Å²) in [5, 5.41) is 4.31. The van der Waals surface area contributed by atoms with Crippen LogP contribution in [0.25, 0.3) is 0 Å². The minimum Gasteiger partial charge on any atom is -0.326 e. The third-order valence-electron chi connectivity index (χ3n) is 5.13. The number of thiocarbonyl (C=S) groups is 1. The smallest absolute Gasteiger partial charge is 0.269 e. The summed E-state index contributed by atoms with van der Waals surface area (Å²) in [6.07, 6.45) is -0.298. The molecule has 3 amide bonds. The van der Waals surface area contributed by atoms with Crippen LogP contribution in [0.3, 0.4) is 0 Å². The highest BCUT2D eigenvalue weighted by molar-refractivity contribution is 9.10. The van der Waals surface area contributed by atoms with Gasteiger partial charge in [-0.05, 0) is 85.0 Å². The van der Waals surface area contributed by atoms with Crippen LogP contribution in [0.15, 0.2) is 77.3 Å². The number of amides is 3. The second kappa shape index (κ2) is 10.5. The Hall–Kier alpha value is -3.34. The first-order valence-electron chi connectivity index (χ1n) is 10.3. The Morgan fingerprint density at radius 1 is 1.00 bits per heavy atom. The van der Waals surface area contributed by atoms with Gasteiger partial charge in [0.05, 0.1) is 12.1 Å². The van der Waals surface area contributed by atoms with Crippen molar-refractivity contribution in [1.29, 1.82) is 0 Å². The molecule has 1 aliphatic rings. The van der Waals surface area contributed by atoms with Gasteiger partial charge < -0.3 is 5.32 Å². The van der Waals surface area contributed by atoms with Gasteiger partial charge in [-0.25, -0.2) is 9.40 Å². The maximum atomic E-state index is 13.4. The van der Waals surface area contributed by atoms with E-state index in [1.165, 1.54) is 41.4 Å². The van der Waals surface area contributed by atoms with Crippen molar-refractivity contribution in [1.82, 2.24) is 10.4 Å². The molecule has 0 spiro atoms. The number of anilines is 2. The van der Waals surface area contributed by atoms with Crippen molar-refractivity contribution >= 4 is 74.0 Å². The zero-order valence-electron chi connectivity index (χ0n) is 17.9. The number of hydrogen-bond acceptors (Lipinski definition) is 4. The Balaban J connectivity index is 1.59. The van der Waals surface area contributed by atoms with E-state index in [1.54, 1.807) is 36.4 Å². The molecular weight excluding hydrogens is 559 g/mol. The van der Waals surface area contributed by atoms with Gasteiger partial charge in [-0.1, -0.05) is 27.5 Å². The normalized spacial score (nSPS) is 15.3. The van der Waals surface area contributed by atoms with Crippen molar-refractivity contribution in [3.8, 4) is 0 Å². The molecule has 1 unspecified atom stereocenters. The number of carbonyl (C=O) groups excluding carboxylic acids is 3. The van der Waals surface area contributed by atoms with E-state index in [2.05, 4.69) is 26.7 Å². The highest BCUT2D eigenvalue weighted by Crippen LogP contribution is 2.27. The SMILES string of the molecule is O=C(CC1C(=O)N(c2ccc(F)cc2)C(=S)N1NC(=O)c1ccc(Cl)cc1)Nc1ccc(Br)cc1. The Kier molecular flexibility index (Phi) is 7.44. The Morgan fingerprint density at radius 2 is 1.63 bits per heavy atom. The molecule has 1 fully saturated rings. The van der Waals surface area contributed by atoms with Crippen LogP contribution in [0, 0.1) is 5.82 Å². The van der Waals surface area contributed by atoms with Crippen molar-refractivity contribution in [2.45, 2.75) is 12.5 Å². The van der Waals surface area contributed by atoms with E-state index < -0.39 is 29.6 Å². The molecule has 0 aromatic heterocycles. The maximum Gasteiger partial charge on any atom is 0.269 e. The topological polar surface area (TPSA) is 81.8 Å². The number of nitrogens with one attached hydrogen (secondary N) is 2. The van der Waals surface area contributed by atoms with Gasteiger partial charge in [0.1, 0.15) is 11.9 Å². The molecule has 3 aromatic carbocycles. The van der Waals surface area contributed by atoms with Gasteiger partial charge in [-0.15, -0.1) is 0 Å². The molecule has 3 aromatic rings. The van der Waals surface area contributed by atoms with Crippen molar-refractivity contribution in [2.24, 2.45) is 0 Å². The third kappa shape index (κ3) is 5.67. The lowest BCUT2D eigenvalue weighted by molar-refractivity contribution is -0.124. The third-order valence-corrected chi connectivity index (χ3v) is 6.29. The number of hydrazine groups is 1. The fourth-order valence-electron chi connectivity index (χ4n) is 3.42. The molecule has 7 nitrogen and oxygen atoms in total. The van der Waals surface area contributed by atoms with Crippen LogP contribution in [0.1, 0.15) is 16.8 Å². The lowest BCUT2D eigenvalue weighted by atomic mass is 10.1. The zero-order valence-corrected chi connectivity index (χ0v) is 21.0. The summed E-state index contributed by atoms with van der Waals surface area (Å²) in [4.78, 5) is 40.2. The van der Waals surface area contributed by atoms with E-state index in [4.69, 9.17) is 23.8 Å². The van der Waals surface area contributed by atoms with Gasteiger partial charge in [-0.2, -0.15) is 0 Å². The molecule has 1 atom stereocenters. The number of rotatable bonds is 6. The molecule has 1 saturated heterocycles. The average molecular weight is 576 g/mol. The van der Waals surface area contributed by atoms with Gasteiger partial charge in [0.2, 0.25) is 11.0 Å². The van der Waals surface area contributed by atoms with Crippen LogP contribution in [0.4, 0.5) is 15.8 Å². The average Bonchev–Trinajstić information content (AvgIpc) is 3.05. The van der Waals surface area contributed by atoms with Gasteiger partial charge in [0.15, 0.2) is 0 Å². The molecule has 0 saturated carbocycles. The van der Waals surface area contributed by atoms with Gasteiger partial charge in [-0.3, -0.25) is 24.7 Å². The highest BCUT2D eigenvalue weighted by atomic mass is 79.9. The minimum atomic E-state index is -1.13. The standard InChI is InChI=1S/C24H17BrClFN4O3S/c25-15-3-9-18(10-4-15)28-21(32)13-20-23(34)30(19-11-7-17(27)8-12-19)24(35)31(20)29-22(33)14-1-5-16(26)6-2-14/h1-12,20H,13H2,(H,28,32)(H,29,33). The van der Waals surface area contributed by atoms with E-state index in [0.29, 0.717) is 16.4 Å². The van der Waals surface area contributed by atoms with E-state index in [1.807, 2.05) is 0 Å². The van der Waals surface area contributed by atoms with Crippen LogP contribution in [-0.4, -0.2) is 33.9 Å². The summed E-state index contributed by atoms with van der Waals surface area (Å²) in [5.74, 6) is -2.02. The summed E-state index contributed by atoms with van der Waals surface area (Å²) in [6.45, 7) is 0. The number of halogens is 3. The molecule has 2 N–H and O–H groups in total. The molecule has 178 valence electrons. The van der Waals surface area contributed by atoms with Crippen molar-refractivity contribution in [2.75, 3.05) is 10.2 Å². The first kappa shape index (κ1) is 24.8. The number of nitrogens with zero attached hydrogens (tertiary/aromatic N) is 2. The van der Waals surface area contributed by atoms with Crippen LogP contribution >= 0.6 is 39.7 Å². The fourth-order valence-corrected chi connectivity index (χ4v) is 4.18. The first-order chi connectivity index (χ1) is 16.7. The van der Waals surface area contributed by atoms with Gasteiger partial charge in [0, 0.05) is 20.7 Å². The van der Waals surface area contributed by atoms with Gasteiger partial charge >= 0.3 is 0 Å². The number of carbonyl (C=O) groups is 3. The van der Waals surface area contributed by atoms with Crippen molar-refractivity contribution in [3.63, 3.8) is 0 Å². The molecule has 35 heavy (non-hydrogen) atoms. The zero-order chi connectivity index (χ0) is 25.1. The van der Waals surface area contributed by atoms with Crippen LogP contribution < -0.4 is 15.6 Å². The summed E-state index contributed by atoms with van der Waals surface area (Å²) in [7, 11) is 0. The molecule has 0 aliphatic carbocycles. The lowest BCUT2D eigenvalue weighted by Crippen LogP contribution is -2.49. The Labute approximate surface area is 218 Å². The predicted molar refractivity (Wildman–Crippen MR) is 138 cm³/mol. The maximum absolute atomic E-state index is 13.4. The van der Waals surface area contributed by atoms with Crippen molar-refractivity contribution in [3.05, 3.63) is 93.7 Å². The molecule has 0 bridgehead atoms. The number of benzene rings is 3. The lowest BCUT2D eigenvalue weighted by Gasteiger charge is -2.24. The minimum absolute atomic E-state index is 0.0506. The Morgan fingerprint density at radius 3 is 2.26 bits per heavy atom. The summed E-state index contributed by atoms with van der Waals surface area (Å²) in [5.41, 5.74) is 3.75. The molecule has 0 radical (unpaired) electrons. The number of hydrogen-bond donors (Lipinski definition) is 2. The molecular formula is C24H17BrClFN4O3S. The van der Waals surface area contributed by atoms with Crippen molar-refractivity contribution < 1.29 is 18.8 Å². The quantitative estimate of drug-likeness (QED) is 0.408. The summed E-state index contributed by atoms with van der Waals surface area (Å²) < 4.78 is 14.3. The molecule has 1 aliphatic heterocycles. The van der Waals surface area contributed by atoms with E-state index in [0.717, 1.165) is 9.37 Å². The van der Waals surface area contributed by atoms with E-state index in [9.17, 15) is 18.8 Å². The Bertz CT molecular complexity index is 1290. The molecule has 4 rings (SSSR count). The van der Waals surface area contributed by atoms with Crippen LogP contribution in [0.2, 0.25) is 5.02 Å². The molecule has 11 heteroatoms. The first-order valence-corrected chi connectivity index (χ1v) is 11.9. The predicted octanol–water partition coefficient (Wildman–Crippen LogP) is 4.92. The van der Waals surface area contributed by atoms with Crippen LogP contribution in [0.5, 0.6) is 0 Å². The second-order valence-electron chi connectivity index (χ2n) is 7.53. The molecule has 1 heterocycles. The largest absolute Gasteiger partial charge is 0.326 e. The second-order valence-corrected chi connectivity index (χ2v) is 9.24. The fraction of sp³-hybridized carbons (Fsp3) is 0.0833. The van der Waals surface area contributed by atoms with E-state index >= 15 is 0 Å².